The van der Waals surface area contributed by atoms with E-state index in [4.69, 9.17) is 24.2 Å². The zero-order chi connectivity index (χ0) is 26.2. The highest BCUT2D eigenvalue weighted by atomic mass is 35.5. The first-order valence-electron chi connectivity index (χ1n) is 13.1. The van der Waals surface area contributed by atoms with Crippen molar-refractivity contribution in [3.05, 3.63) is 53.1 Å². The number of nitriles is 1. The Kier molecular flexibility index (Phi) is 7.60. The zero-order valence-electron chi connectivity index (χ0n) is 21.5. The maximum absolute atomic E-state index is 13.5. The minimum absolute atomic E-state index is 0.0658. The lowest BCUT2D eigenvalue weighted by Gasteiger charge is -2.37. The average molecular weight is 539 g/mol. The Hall–Kier alpha value is -2.44. The fourth-order valence-electron chi connectivity index (χ4n) is 5.81. The van der Waals surface area contributed by atoms with Crippen molar-refractivity contribution >= 4 is 47.2 Å². The van der Waals surface area contributed by atoms with E-state index in [-0.39, 0.29) is 5.91 Å². The Morgan fingerprint density at radius 1 is 1.03 bits per heavy atom. The molecule has 0 aromatic heterocycles. The van der Waals surface area contributed by atoms with Gasteiger partial charge in [-0.3, -0.25) is 9.69 Å². The number of thiol groups is 1. The van der Waals surface area contributed by atoms with E-state index in [0.29, 0.717) is 16.3 Å². The summed E-state index contributed by atoms with van der Waals surface area (Å²) in [6.45, 7) is 11.8. The van der Waals surface area contributed by atoms with Gasteiger partial charge in [-0.05, 0) is 75.1 Å². The van der Waals surface area contributed by atoms with E-state index in [2.05, 4.69) is 45.5 Å². The largest absolute Gasteiger partial charge is 0.372 e. The van der Waals surface area contributed by atoms with Crippen molar-refractivity contribution < 1.29 is 4.79 Å². The number of carbonyl (C=O) groups excluding carboxylic acids is 1. The number of piperidine rings is 1. The summed E-state index contributed by atoms with van der Waals surface area (Å²) < 4.78 is 0. The van der Waals surface area contributed by atoms with E-state index in [0.717, 1.165) is 37.8 Å². The van der Waals surface area contributed by atoms with E-state index in [1.165, 1.54) is 38.2 Å². The van der Waals surface area contributed by atoms with Crippen molar-refractivity contribution in [1.82, 2.24) is 10.2 Å². The summed E-state index contributed by atoms with van der Waals surface area (Å²) >= 11 is 11.1. The highest BCUT2D eigenvalue weighted by Crippen LogP contribution is 2.41. The van der Waals surface area contributed by atoms with Gasteiger partial charge >= 0.3 is 0 Å². The topological polar surface area (TPSA) is 65.9 Å². The molecule has 0 spiro atoms. The number of benzene rings is 2. The third kappa shape index (κ3) is 5.15. The molecule has 196 valence electrons. The van der Waals surface area contributed by atoms with Crippen LogP contribution in [0, 0.1) is 17.2 Å². The standard InChI is InChI=1S/C28H35ClN6OS/c1-28(2)26(36)34(24-4-3-21(18-30)25(29)17-24)27(37)35(28)23-7-5-22(6-8-23)33-13-9-20(10-14-33)19-32-15-11-31-12-16-32/h3-8,17,20,27,31,37H,9-16,19H2,1-2H3. The lowest BCUT2D eigenvalue weighted by Crippen LogP contribution is -2.47. The van der Waals surface area contributed by atoms with Crippen LogP contribution in [0.2, 0.25) is 5.02 Å². The summed E-state index contributed by atoms with van der Waals surface area (Å²) in [5.74, 6) is 0.709. The normalized spacial score (nSPS) is 22.9. The smallest absolute Gasteiger partial charge is 0.254 e. The molecule has 0 saturated carbocycles. The maximum Gasteiger partial charge on any atom is 0.254 e. The van der Waals surface area contributed by atoms with Gasteiger partial charge in [0.1, 0.15) is 11.6 Å². The first-order valence-corrected chi connectivity index (χ1v) is 14.0. The van der Waals surface area contributed by atoms with Gasteiger partial charge in [-0.25, -0.2) is 0 Å². The van der Waals surface area contributed by atoms with E-state index in [1.807, 2.05) is 18.7 Å². The molecule has 3 fully saturated rings. The second-order valence-electron chi connectivity index (χ2n) is 10.7. The molecule has 0 bridgehead atoms. The van der Waals surface area contributed by atoms with Crippen molar-refractivity contribution in [1.29, 1.82) is 5.26 Å². The maximum atomic E-state index is 13.5. The molecule has 1 atom stereocenters. The number of carbonyl (C=O) groups is 1. The Morgan fingerprint density at radius 2 is 1.65 bits per heavy atom. The lowest BCUT2D eigenvalue weighted by molar-refractivity contribution is -0.120. The molecule has 0 aliphatic carbocycles. The van der Waals surface area contributed by atoms with Gasteiger partial charge < -0.3 is 20.0 Å². The van der Waals surface area contributed by atoms with Crippen molar-refractivity contribution in [2.24, 2.45) is 5.92 Å². The van der Waals surface area contributed by atoms with Gasteiger partial charge in [0.2, 0.25) is 0 Å². The second kappa shape index (κ2) is 10.7. The molecule has 9 heteroatoms. The summed E-state index contributed by atoms with van der Waals surface area (Å²) in [5.41, 5.74) is 1.88. The molecule has 37 heavy (non-hydrogen) atoms. The Morgan fingerprint density at radius 3 is 2.27 bits per heavy atom. The summed E-state index contributed by atoms with van der Waals surface area (Å²) in [6.07, 6.45) is 2.44. The van der Waals surface area contributed by atoms with Crippen molar-refractivity contribution in [2.75, 3.05) is 60.5 Å². The number of piperazine rings is 1. The van der Waals surface area contributed by atoms with E-state index < -0.39 is 11.0 Å². The van der Waals surface area contributed by atoms with Crippen LogP contribution >= 0.6 is 24.2 Å². The van der Waals surface area contributed by atoms with E-state index >= 15 is 0 Å². The molecule has 1 N–H and O–H groups in total. The number of hydrogen-bond donors (Lipinski definition) is 2. The van der Waals surface area contributed by atoms with Crippen molar-refractivity contribution in [3.63, 3.8) is 0 Å². The predicted octanol–water partition coefficient (Wildman–Crippen LogP) is 4.18. The molecule has 7 nitrogen and oxygen atoms in total. The molecular formula is C28H35ClN6OS. The molecule has 0 radical (unpaired) electrons. The number of rotatable bonds is 5. The Balaban J connectivity index is 1.27. The number of nitrogens with zero attached hydrogens (tertiary/aromatic N) is 5. The molecular weight excluding hydrogens is 504 g/mol. The van der Waals surface area contributed by atoms with Crippen LogP contribution in [-0.4, -0.2) is 67.7 Å². The van der Waals surface area contributed by atoms with Crippen LogP contribution in [0.15, 0.2) is 42.5 Å². The van der Waals surface area contributed by atoms with Gasteiger partial charge in [0.15, 0.2) is 5.50 Å². The molecule has 3 saturated heterocycles. The monoisotopic (exact) mass is 538 g/mol. The van der Waals surface area contributed by atoms with Crippen molar-refractivity contribution in [2.45, 2.75) is 37.7 Å². The van der Waals surface area contributed by atoms with Crippen LogP contribution in [0.25, 0.3) is 0 Å². The van der Waals surface area contributed by atoms with Crippen LogP contribution in [0.4, 0.5) is 17.1 Å². The third-order valence-corrected chi connectivity index (χ3v) is 8.77. The fourth-order valence-corrected chi connectivity index (χ4v) is 6.69. The van der Waals surface area contributed by atoms with Crippen LogP contribution < -0.4 is 20.0 Å². The number of hydrogen-bond acceptors (Lipinski definition) is 7. The molecule has 1 unspecified atom stereocenters. The van der Waals surface area contributed by atoms with E-state index in [1.54, 1.807) is 23.1 Å². The van der Waals surface area contributed by atoms with Crippen LogP contribution in [0.3, 0.4) is 0 Å². The first kappa shape index (κ1) is 26.2. The van der Waals surface area contributed by atoms with Crippen molar-refractivity contribution in [3.8, 4) is 6.07 Å². The number of halogens is 1. The minimum Gasteiger partial charge on any atom is -0.372 e. The van der Waals surface area contributed by atoms with Gasteiger partial charge in [-0.2, -0.15) is 5.26 Å². The van der Waals surface area contributed by atoms with Gasteiger partial charge in [-0.1, -0.05) is 11.6 Å². The molecule has 5 rings (SSSR count). The van der Waals surface area contributed by atoms with Crippen LogP contribution in [0.5, 0.6) is 0 Å². The number of anilines is 3. The predicted molar refractivity (Wildman–Crippen MR) is 154 cm³/mol. The van der Waals surface area contributed by atoms with Gasteiger partial charge in [0.05, 0.1) is 10.6 Å². The summed E-state index contributed by atoms with van der Waals surface area (Å²) in [6, 6.07) is 15.6. The van der Waals surface area contributed by atoms with E-state index in [9.17, 15) is 10.1 Å². The molecule has 2 aromatic carbocycles. The average Bonchev–Trinajstić information content (AvgIpc) is 3.08. The summed E-state index contributed by atoms with van der Waals surface area (Å²) in [5, 5.41) is 13.0. The molecule has 3 aliphatic rings. The summed E-state index contributed by atoms with van der Waals surface area (Å²) in [7, 11) is 0. The van der Waals surface area contributed by atoms with Gasteiger partial charge in [-0.15, -0.1) is 12.6 Å². The first-order chi connectivity index (χ1) is 17.8. The number of amides is 1. The highest BCUT2D eigenvalue weighted by molar-refractivity contribution is 7.81. The Bertz CT molecular complexity index is 1170. The molecule has 2 aromatic rings. The third-order valence-electron chi connectivity index (χ3n) is 7.99. The minimum atomic E-state index is -0.795. The SMILES string of the molecule is CC1(C)C(=O)N(c2ccc(C#N)c(Cl)c2)C(S)N1c1ccc(N2CCC(CN3CCNCC3)CC2)cc1. The van der Waals surface area contributed by atoms with Crippen LogP contribution in [0.1, 0.15) is 32.3 Å². The second-order valence-corrected chi connectivity index (χ2v) is 11.6. The fraction of sp³-hybridized carbons (Fsp3) is 0.500. The van der Waals surface area contributed by atoms with Gasteiger partial charge in [0.25, 0.3) is 5.91 Å². The molecule has 3 aliphatic heterocycles. The number of nitrogens with one attached hydrogen (secondary N) is 1. The van der Waals surface area contributed by atoms with Crippen LogP contribution in [-0.2, 0) is 4.79 Å². The molecule has 1 amide bonds. The highest BCUT2D eigenvalue weighted by Gasteiger charge is 2.51. The summed E-state index contributed by atoms with van der Waals surface area (Å²) in [4.78, 5) is 22.2. The quantitative estimate of drug-likeness (QED) is 0.557. The Labute approximate surface area is 230 Å². The zero-order valence-corrected chi connectivity index (χ0v) is 23.2. The lowest BCUT2D eigenvalue weighted by atomic mass is 9.95. The molecule has 3 heterocycles. The van der Waals surface area contributed by atoms with Gasteiger partial charge in [0, 0.05) is 62.9 Å².